The number of hydrogen-bond donors (Lipinski definition) is 2. The van der Waals surface area contributed by atoms with Crippen LogP contribution in [0.5, 0.6) is 0 Å². The molecule has 15 rings (SSSR count). The van der Waals surface area contributed by atoms with Gasteiger partial charge in [0.25, 0.3) is 23.6 Å². The Bertz CT molecular complexity index is 3950. The first-order chi connectivity index (χ1) is 54.7. The third kappa shape index (κ3) is 28.5. The van der Waals surface area contributed by atoms with E-state index >= 15 is 0 Å². The second-order valence-corrected chi connectivity index (χ2v) is 36.9. The van der Waals surface area contributed by atoms with E-state index in [9.17, 15) is 28.8 Å². The number of aliphatic hydroxyl groups excluding tert-OH is 1. The maximum atomic E-state index is 12.1. The van der Waals surface area contributed by atoms with Crippen molar-refractivity contribution >= 4 is 96.7 Å². The topological polar surface area (TPSA) is 181 Å². The zero-order valence-corrected chi connectivity index (χ0v) is 72.0. The van der Waals surface area contributed by atoms with E-state index in [0.29, 0.717) is 35.4 Å². The van der Waals surface area contributed by atoms with Gasteiger partial charge in [-0.3, -0.25) is 29.4 Å². The first-order valence-corrected chi connectivity index (χ1v) is 44.9. The minimum absolute atomic E-state index is 0. The zero-order chi connectivity index (χ0) is 79.2. The van der Waals surface area contributed by atoms with E-state index in [0.717, 1.165) is 66.1 Å². The molecule has 13 nitrogen and oxygen atoms in total. The molecule has 0 saturated heterocycles. The molecule has 2 aliphatic heterocycles. The fourth-order valence-electron chi connectivity index (χ4n) is 16.2. The molecule has 0 spiro atoms. The van der Waals surface area contributed by atoms with Crippen LogP contribution < -0.4 is 42.4 Å². The minimum atomic E-state index is -0.898. The Morgan fingerprint density at radius 2 is 0.675 bits per heavy atom. The number of rotatable bonds is 20. The van der Waals surface area contributed by atoms with Gasteiger partial charge in [0.2, 0.25) is 0 Å². The summed E-state index contributed by atoms with van der Waals surface area (Å²) in [6, 6.07) is 91.1. The van der Waals surface area contributed by atoms with Crippen LogP contribution in [0.2, 0.25) is 0 Å². The molecule has 4 unspecified atom stereocenters. The van der Waals surface area contributed by atoms with Gasteiger partial charge in [0.15, 0.2) is 0 Å². The fraction of sp³-hybridized carbons (Fsp3) is 0.375. The van der Waals surface area contributed by atoms with Crippen LogP contribution in [0.4, 0.5) is 9.59 Å². The molecule has 18 heteroatoms. The number of imide groups is 2. The Morgan fingerprint density at radius 3 is 0.965 bits per heavy atom. The van der Waals surface area contributed by atoms with Crippen molar-refractivity contribution in [1.29, 1.82) is 0 Å². The van der Waals surface area contributed by atoms with Crippen LogP contribution in [0.25, 0.3) is 0 Å². The summed E-state index contributed by atoms with van der Waals surface area (Å²) in [6.07, 6.45) is 22.0. The predicted molar refractivity (Wildman–Crippen MR) is 464 cm³/mol. The number of amides is 6. The summed E-state index contributed by atoms with van der Waals surface area (Å²) in [5, 5.41) is 27.0. The predicted octanol–water partition coefficient (Wildman–Crippen LogP) is 20.9. The van der Waals surface area contributed by atoms with Crippen molar-refractivity contribution in [2.75, 3.05) is 26.4 Å². The second-order valence-electron chi connectivity index (χ2n) is 29.8. The monoisotopic (exact) mass is 1670 g/mol. The van der Waals surface area contributed by atoms with Gasteiger partial charge in [0.05, 0.1) is 35.5 Å². The Morgan fingerprint density at radius 1 is 0.395 bits per heavy atom. The molecule has 4 atom stereocenters. The number of azo groups is 1. The molecule has 2 N–H and O–H groups in total. The molecule has 6 aliphatic rings. The van der Waals surface area contributed by atoms with Crippen molar-refractivity contribution in [3.8, 4) is 0 Å². The SMILES string of the molecule is CC(C)C1CCCC1P(c1ccccc1)c1ccccc1.CC(C)C1CCCC1P(c1ccccc1)c1ccccc1.CCOC(=O)N=NC(=O)OCC.O=C1NC(=O)c2ccccc21.O=C1c2ccccc2C(=O)N1CCCC1CCCC1.OCCCC1CCCC1.[Fe].[Fe].c1ccc(P(c2ccccc2)c2ccccc2)cc1. The zero-order valence-electron chi connectivity index (χ0n) is 67.1. The van der Waals surface area contributed by atoms with Crippen molar-refractivity contribution < 1.29 is 77.5 Å². The quantitative estimate of drug-likeness (QED) is 0.0325. The number of nitrogens with zero attached hydrogens (tertiary/aromatic N) is 3. The summed E-state index contributed by atoms with van der Waals surface area (Å²) in [7, 11) is -0.894. The molecule has 604 valence electrons. The number of ether oxygens (including phenoxy) is 2. The normalized spacial score (nSPS) is 17.2. The van der Waals surface area contributed by atoms with Gasteiger partial charge in [-0.1, -0.05) is 339 Å². The average molecular weight is 1670 g/mol. The third-order valence-electron chi connectivity index (χ3n) is 21.6. The van der Waals surface area contributed by atoms with Gasteiger partial charge in [-0.25, -0.2) is 9.59 Å². The van der Waals surface area contributed by atoms with Crippen LogP contribution in [-0.4, -0.2) is 83.5 Å². The average Bonchev–Trinajstić information content (AvgIpc) is 1.63. The van der Waals surface area contributed by atoms with Crippen molar-refractivity contribution in [2.24, 2.45) is 45.7 Å². The maximum absolute atomic E-state index is 12.1. The van der Waals surface area contributed by atoms with Crippen LogP contribution in [0.15, 0.2) is 271 Å². The van der Waals surface area contributed by atoms with Gasteiger partial charge in [-0.15, -0.1) is 0 Å². The van der Waals surface area contributed by atoms with Gasteiger partial charge in [-0.05, 0) is 197 Å². The number of fused-ring (bicyclic) bond motifs is 2. The van der Waals surface area contributed by atoms with Gasteiger partial charge in [-0.2, -0.15) is 0 Å². The number of benzene rings is 9. The van der Waals surface area contributed by atoms with Gasteiger partial charge < -0.3 is 14.6 Å². The smallest absolute Gasteiger partial charge is 0.447 e. The van der Waals surface area contributed by atoms with E-state index in [2.05, 4.69) is 265 Å². The molecule has 4 saturated carbocycles. The Balaban J connectivity index is 0.000000187. The van der Waals surface area contributed by atoms with Crippen LogP contribution in [0.1, 0.15) is 199 Å². The fourth-order valence-corrected chi connectivity index (χ4v) is 25.2. The minimum Gasteiger partial charge on any atom is -0.447 e. The Hall–Kier alpha value is -7.91. The Kier molecular flexibility index (Phi) is 41.9. The molecule has 9 aromatic carbocycles. The van der Waals surface area contributed by atoms with Gasteiger partial charge in [0, 0.05) is 47.3 Å². The summed E-state index contributed by atoms with van der Waals surface area (Å²) in [5.41, 5.74) is 3.77. The number of carbonyl (C=O) groups excluding carboxylic acids is 6. The van der Waals surface area contributed by atoms with Crippen molar-refractivity contribution in [3.63, 3.8) is 0 Å². The molecule has 114 heavy (non-hydrogen) atoms. The standard InChI is InChI=1S/2C20H25P.C18H15P.C16H19NO2.C8H5NO2.C8H16O.C6H10N2O4.2Fe/c2*1-16(2)19-14-9-15-20(19)21(17-10-5-3-6-11-17)18-12-7-4-8-13-18;1-4-10-16(11-5-1)19(17-12-6-2-7-13-17)18-14-8-3-9-15-18;18-15-13-9-3-4-10-14(13)16(19)17(15)11-5-8-12-6-1-2-7-12;10-7-5-3-1-2-4-6(5)8(11)9-7;9-7-3-6-8-4-1-2-5-8;1-3-11-5(9)7-8-6(10)12-4-2;;/h2*3-8,10-13,16,19-20H,9,14-15H2,1-2H3;1-15H;3-4,9-10,12H,1-2,5-8,11H2;1-4H,(H,9,10,11);8-9H,1-7H2;3-4H2,1-2H3;;. The Labute approximate surface area is 703 Å². The van der Waals surface area contributed by atoms with E-state index in [1.54, 1.807) is 71.5 Å². The van der Waals surface area contributed by atoms with Crippen LogP contribution >= 0.6 is 23.8 Å². The van der Waals surface area contributed by atoms with E-state index in [-0.39, 0.29) is 86.8 Å². The summed E-state index contributed by atoms with van der Waals surface area (Å²) >= 11 is 0. The third-order valence-corrected chi connectivity index (χ3v) is 30.1. The number of nitrogens with one attached hydrogen (secondary N) is 1. The number of hydrogen-bond acceptors (Lipinski definition) is 9. The van der Waals surface area contributed by atoms with E-state index in [1.807, 2.05) is 12.1 Å². The second kappa shape index (κ2) is 51.2. The van der Waals surface area contributed by atoms with Crippen molar-refractivity contribution in [3.05, 3.63) is 283 Å². The number of aliphatic hydroxyl groups is 1. The molecule has 0 bridgehead atoms. The summed E-state index contributed by atoms with van der Waals surface area (Å²) in [4.78, 5) is 68.5. The first-order valence-electron chi connectivity index (χ1n) is 40.7. The summed E-state index contributed by atoms with van der Waals surface area (Å²) in [6.45, 7) is 14.2. The van der Waals surface area contributed by atoms with E-state index in [1.165, 1.54) is 117 Å². The van der Waals surface area contributed by atoms with Crippen LogP contribution in [-0.2, 0) is 43.6 Å². The van der Waals surface area contributed by atoms with Crippen molar-refractivity contribution in [2.45, 2.75) is 168 Å². The molecular formula is C96H115Fe2N4O9P3. The van der Waals surface area contributed by atoms with Gasteiger partial charge >= 0.3 is 12.2 Å². The summed E-state index contributed by atoms with van der Waals surface area (Å²) in [5.74, 6) is 4.31. The number of carbonyl (C=O) groups is 6. The molecule has 9 aromatic rings. The maximum Gasteiger partial charge on any atom is 0.452 e. The first kappa shape index (κ1) is 93.3. The molecular weight excluding hydrogens is 1560 g/mol. The molecule has 6 amide bonds. The van der Waals surface area contributed by atoms with Crippen LogP contribution in [0.3, 0.4) is 0 Å². The molecule has 2 heterocycles. The van der Waals surface area contributed by atoms with Gasteiger partial charge in [0.1, 0.15) is 0 Å². The van der Waals surface area contributed by atoms with Crippen LogP contribution in [0, 0.1) is 35.5 Å². The van der Waals surface area contributed by atoms with E-state index in [4.69, 9.17) is 5.11 Å². The molecule has 4 aliphatic carbocycles. The molecule has 0 radical (unpaired) electrons. The largest absolute Gasteiger partial charge is 0.452 e. The summed E-state index contributed by atoms with van der Waals surface area (Å²) < 4.78 is 8.73. The van der Waals surface area contributed by atoms with Crippen molar-refractivity contribution in [1.82, 2.24) is 10.2 Å². The molecule has 4 fully saturated rings. The van der Waals surface area contributed by atoms with E-state index < -0.39 is 20.1 Å². The molecule has 0 aromatic heterocycles.